The topological polar surface area (TPSA) is 58.4 Å². The van der Waals surface area contributed by atoms with Crippen LogP contribution in [0.5, 0.6) is 0 Å². The van der Waals surface area contributed by atoms with Crippen LogP contribution >= 0.6 is 23.2 Å². The van der Waals surface area contributed by atoms with Crippen molar-refractivity contribution in [3.8, 4) is 22.6 Å². The molecule has 0 saturated heterocycles. The molecular formula is C18H13Cl2N3O. The van der Waals surface area contributed by atoms with Crippen molar-refractivity contribution >= 4 is 29.4 Å². The highest BCUT2D eigenvalue weighted by Gasteiger charge is 2.16. The van der Waals surface area contributed by atoms with Gasteiger partial charge in [-0.05, 0) is 25.1 Å². The van der Waals surface area contributed by atoms with E-state index in [9.17, 15) is 0 Å². The van der Waals surface area contributed by atoms with Crippen LogP contribution in [0.2, 0.25) is 10.0 Å². The lowest BCUT2D eigenvalue weighted by molar-refractivity contribution is 0.322. The van der Waals surface area contributed by atoms with Crippen LogP contribution < -0.4 is 0 Å². The van der Waals surface area contributed by atoms with E-state index in [-0.39, 0.29) is 0 Å². The minimum absolute atomic E-state index is 0.465. The monoisotopic (exact) mass is 357 g/mol. The van der Waals surface area contributed by atoms with Gasteiger partial charge in [0.25, 0.3) is 0 Å². The van der Waals surface area contributed by atoms with Crippen LogP contribution in [0.3, 0.4) is 0 Å². The summed E-state index contributed by atoms with van der Waals surface area (Å²) in [7, 11) is 0. The first-order valence-corrected chi connectivity index (χ1v) is 7.92. The standard InChI is InChI=1S/C18H13Cl2N3O/c1-11-15(10-21-24)17(14-8-7-13(19)9-16(14)20)23-18(22-11)12-5-3-2-4-6-12/h2-10,24H,1H3. The molecule has 0 spiro atoms. The smallest absolute Gasteiger partial charge is 0.160 e. The number of aromatic nitrogens is 2. The predicted molar refractivity (Wildman–Crippen MR) is 97.0 cm³/mol. The van der Waals surface area contributed by atoms with Crippen LogP contribution in [0, 0.1) is 6.92 Å². The van der Waals surface area contributed by atoms with E-state index in [1.807, 2.05) is 37.3 Å². The summed E-state index contributed by atoms with van der Waals surface area (Å²) < 4.78 is 0. The van der Waals surface area contributed by atoms with E-state index in [2.05, 4.69) is 15.1 Å². The Morgan fingerprint density at radius 2 is 1.79 bits per heavy atom. The van der Waals surface area contributed by atoms with E-state index >= 15 is 0 Å². The third-order valence-corrected chi connectivity index (χ3v) is 4.09. The zero-order valence-corrected chi connectivity index (χ0v) is 14.3. The summed E-state index contributed by atoms with van der Waals surface area (Å²) >= 11 is 12.3. The molecule has 0 saturated carbocycles. The molecule has 3 rings (SSSR count). The second kappa shape index (κ2) is 6.99. The van der Waals surface area contributed by atoms with E-state index in [1.165, 1.54) is 6.21 Å². The van der Waals surface area contributed by atoms with Crippen molar-refractivity contribution in [3.63, 3.8) is 0 Å². The largest absolute Gasteiger partial charge is 0.411 e. The second-order valence-electron chi connectivity index (χ2n) is 5.13. The second-order valence-corrected chi connectivity index (χ2v) is 5.97. The van der Waals surface area contributed by atoms with Crippen LogP contribution in [-0.4, -0.2) is 21.4 Å². The summed E-state index contributed by atoms with van der Waals surface area (Å²) in [5.41, 5.74) is 3.45. The van der Waals surface area contributed by atoms with Crippen molar-refractivity contribution in [2.45, 2.75) is 6.92 Å². The number of hydrogen-bond acceptors (Lipinski definition) is 4. The zero-order chi connectivity index (χ0) is 17.1. The number of hydrogen-bond donors (Lipinski definition) is 1. The van der Waals surface area contributed by atoms with Crippen LogP contribution in [0.15, 0.2) is 53.7 Å². The molecule has 0 bridgehead atoms. The molecule has 0 aliphatic heterocycles. The fourth-order valence-corrected chi connectivity index (χ4v) is 2.90. The summed E-state index contributed by atoms with van der Waals surface area (Å²) in [6.45, 7) is 1.83. The maximum atomic E-state index is 8.98. The van der Waals surface area contributed by atoms with Gasteiger partial charge < -0.3 is 5.21 Å². The van der Waals surface area contributed by atoms with Gasteiger partial charge in [-0.25, -0.2) is 9.97 Å². The Morgan fingerprint density at radius 1 is 1.04 bits per heavy atom. The summed E-state index contributed by atoms with van der Waals surface area (Å²) in [5.74, 6) is 0.573. The molecule has 120 valence electrons. The van der Waals surface area contributed by atoms with Crippen molar-refractivity contribution < 1.29 is 5.21 Å². The zero-order valence-electron chi connectivity index (χ0n) is 12.7. The molecular weight excluding hydrogens is 345 g/mol. The number of oxime groups is 1. The van der Waals surface area contributed by atoms with Crippen molar-refractivity contribution in [3.05, 3.63) is 69.8 Å². The molecule has 0 aliphatic carbocycles. The van der Waals surface area contributed by atoms with Gasteiger partial charge in [-0.15, -0.1) is 0 Å². The molecule has 0 radical (unpaired) electrons. The Morgan fingerprint density at radius 3 is 2.46 bits per heavy atom. The van der Waals surface area contributed by atoms with Gasteiger partial charge in [0.15, 0.2) is 5.82 Å². The van der Waals surface area contributed by atoms with Crippen LogP contribution in [0.4, 0.5) is 0 Å². The van der Waals surface area contributed by atoms with Crippen LogP contribution in [0.1, 0.15) is 11.3 Å². The predicted octanol–water partition coefficient (Wildman–Crippen LogP) is 5.23. The molecule has 2 aromatic carbocycles. The molecule has 0 amide bonds. The summed E-state index contributed by atoms with van der Waals surface area (Å²) in [4.78, 5) is 9.15. The fourth-order valence-electron chi connectivity index (χ4n) is 2.40. The third-order valence-electron chi connectivity index (χ3n) is 3.54. The Labute approximate surface area is 149 Å². The van der Waals surface area contributed by atoms with Crippen molar-refractivity contribution in [2.24, 2.45) is 5.16 Å². The van der Waals surface area contributed by atoms with E-state index < -0.39 is 0 Å². The van der Waals surface area contributed by atoms with E-state index in [0.717, 1.165) is 5.56 Å². The lowest BCUT2D eigenvalue weighted by Gasteiger charge is -2.12. The Balaban J connectivity index is 2.27. The summed E-state index contributed by atoms with van der Waals surface area (Å²) in [6, 6.07) is 14.8. The van der Waals surface area contributed by atoms with Gasteiger partial charge in [-0.1, -0.05) is 58.7 Å². The lowest BCUT2D eigenvalue weighted by atomic mass is 10.0. The average molecular weight is 358 g/mol. The lowest BCUT2D eigenvalue weighted by Crippen LogP contribution is -2.03. The SMILES string of the molecule is Cc1nc(-c2ccccc2)nc(-c2ccc(Cl)cc2Cl)c1C=NO. The van der Waals surface area contributed by atoms with Crippen LogP contribution in [0.25, 0.3) is 22.6 Å². The highest BCUT2D eigenvalue weighted by molar-refractivity contribution is 6.36. The van der Waals surface area contributed by atoms with E-state index in [4.69, 9.17) is 28.4 Å². The van der Waals surface area contributed by atoms with Gasteiger partial charge in [-0.3, -0.25) is 0 Å². The molecule has 0 atom stereocenters. The Bertz CT molecular complexity index is 912. The molecule has 24 heavy (non-hydrogen) atoms. The van der Waals surface area contributed by atoms with E-state index in [1.54, 1.807) is 18.2 Å². The number of benzene rings is 2. The molecule has 1 aromatic heterocycles. The number of rotatable bonds is 3. The van der Waals surface area contributed by atoms with Gasteiger partial charge >= 0.3 is 0 Å². The Hall–Kier alpha value is -2.43. The number of halogens is 2. The first kappa shape index (κ1) is 16.4. The van der Waals surface area contributed by atoms with Gasteiger partial charge in [0.2, 0.25) is 0 Å². The highest BCUT2D eigenvalue weighted by atomic mass is 35.5. The summed E-state index contributed by atoms with van der Waals surface area (Å²) in [5, 5.41) is 13.1. The molecule has 0 aliphatic rings. The highest BCUT2D eigenvalue weighted by Crippen LogP contribution is 2.33. The molecule has 0 fully saturated rings. The molecule has 6 heteroatoms. The molecule has 1 heterocycles. The molecule has 3 aromatic rings. The molecule has 4 nitrogen and oxygen atoms in total. The first-order chi connectivity index (χ1) is 11.6. The minimum atomic E-state index is 0.465. The van der Waals surface area contributed by atoms with Gasteiger partial charge in [0.1, 0.15) is 0 Å². The molecule has 0 unspecified atom stereocenters. The van der Waals surface area contributed by atoms with Crippen LogP contribution in [-0.2, 0) is 0 Å². The van der Waals surface area contributed by atoms with Crippen molar-refractivity contribution in [1.29, 1.82) is 0 Å². The first-order valence-electron chi connectivity index (χ1n) is 7.17. The maximum absolute atomic E-state index is 8.98. The van der Waals surface area contributed by atoms with Crippen molar-refractivity contribution in [2.75, 3.05) is 0 Å². The normalized spacial score (nSPS) is 11.1. The third kappa shape index (κ3) is 3.25. The van der Waals surface area contributed by atoms with Crippen molar-refractivity contribution in [1.82, 2.24) is 9.97 Å². The number of nitrogens with zero attached hydrogens (tertiary/aromatic N) is 3. The van der Waals surface area contributed by atoms with Gasteiger partial charge in [0.05, 0.1) is 22.6 Å². The quantitative estimate of drug-likeness (QED) is 0.396. The molecule has 1 N–H and O–H groups in total. The maximum Gasteiger partial charge on any atom is 0.160 e. The fraction of sp³-hybridized carbons (Fsp3) is 0.0556. The van der Waals surface area contributed by atoms with Gasteiger partial charge in [0, 0.05) is 21.7 Å². The average Bonchev–Trinajstić information content (AvgIpc) is 2.58. The summed E-state index contributed by atoms with van der Waals surface area (Å²) in [6.07, 6.45) is 1.31. The van der Waals surface area contributed by atoms with E-state index in [0.29, 0.717) is 38.4 Å². The number of aryl methyl sites for hydroxylation is 1. The minimum Gasteiger partial charge on any atom is -0.411 e. The van der Waals surface area contributed by atoms with Gasteiger partial charge in [-0.2, -0.15) is 0 Å². The Kier molecular flexibility index (Phi) is 4.79.